The Labute approximate surface area is 113 Å². The molecule has 2 atom stereocenters. The predicted octanol–water partition coefficient (Wildman–Crippen LogP) is 1.52. The van der Waals surface area contributed by atoms with Crippen molar-refractivity contribution in [3.63, 3.8) is 0 Å². The first kappa shape index (κ1) is 14.3. The molecule has 5 heteroatoms. The van der Waals surface area contributed by atoms with Crippen LogP contribution in [0.5, 0.6) is 0 Å². The van der Waals surface area contributed by atoms with Gasteiger partial charge in [0.2, 0.25) is 5.91 Å². The molecular formula is C14H23NO4. The van der Waals surface area contributed by atoms with E-state index in [9.17, 15) is 9.59 Å². The number of nitrogens with zero attached hydrogens (tertiary/aromatic N) is 1. The maximum absolute atomic E-state index is 12.4. The SMILES string of the molecule is O=C(O)CC[C@@H]1CCCN(C(=O)[C@H]2CCCOC2)C1. The van der Waals surface area contributed by atoms with Crippen LogP contribution in [0.1, 0.15) is 38.5 Å². The number of rotatable bonds is 4. The summed E-state index contributed by atoms with van der Waals surface area (Å²) >= 11 is 0. The quantitative estimate of drug-likeness (QED) is 0.840. The van der Waals surface area contributed by atoms with Crippen LogP contribution >= 0.6 is 0 Å². The minimum Gasteiger partial charge on any atom is -0.481 e. The fourth-order valence-electron chi connectivity index (χ4n) is 3.02. The summed E-state index contributed by atoms with van der Waals surface area (Å²) in [5, 5.41) is 8.73. The third kappa shape index (κ3) is 4.20. The molecule has 2 fully saturated rings. The molecule has 0 aromatic heterocycles. The largest absolute Gasteiger partial charge is 0.481 e. The zero-order chi connectivity index (χ0) is 13.7. The number of hydrogen-bond acceptors (Lipinski definition) is 3. The second-order valence-corrected chi connectivity index (χ2v) is 5.64. The van der Waals surface area contributed by atoms with Crippen LogP contribution in [0.3, 0.4) is 0 Å². The molecular weight excluding hydrogens is 246 g/mol. The van der Waals surface area contributed by atoms with Crippen molar-refractivity contribution in [1.29, 1.82) is 0 Å². The summed E-state index contributed by atoms with van der Waals surface area (Å²) < 4.78 is 5.37. The molecule has 5 nitrogen and oxygen atoms in total. The van der Waals surface area contributed by atoms with Gasteiger partial charge in [-0.25, -0.2) is 0 Å². The fraction of sp³-hybridized carbons (Fsp3) is 0.857. The van der Waals surface area contributed by atoms with E-state index in [1.807, 2.05) is 4.90 Å². The second kappa shape index (κ2) is 6.89. The number of amides is 1. The van der Waals surface area contributed by atoms with Gasteiger partial charge in [0.15, 0.2) is 0 Å². The minimum atomic E-state index is -0.746. The van der Waals surface area contributed by atoms with Gasteiger partial charge in [0.25, 0.3) is 0 Å². The van der Waals surface area contributed by atoms with Crippen LogP contribution < -0.4 is 0 Å². The van der Waals surface area contributed by atoms with Gasteiger partial charge >= 0.3 is 5.97 Å². The van der Waals surface area contributed by atoms with E-state index in [-0.39, 0.29) is 18.2 Å². The summed E-state index contributed by atoms with van der Waals surface area (Å²) in [7, 11) is 0. The summed E-state index contributed by atoms with van der Waals surface area (Å²) in [6.07, 6.45) is 4.81. The van der Waals surface area contributed by atoms with Crippen molar-refractivity contribution in [2.45, 2.75) is 38.5 Å². The van der Waals surface area contributed by atoms with Crippen LogP contribution in [0.2, 0.25) is 0 Å². The highest BCUT2D eigenvalue weighted by molar-refractivity contribution is 5.79. The lowest BCUT2D eigenvalue weighted by Crippen LogP contribution is -2.45. The molecule has 2 rings (SSSR count). The van der Waals surface area contributed by atoms with Gasteiger partial charge in [-0.1, -0.05) is 0 Å². The van der Waals surface area contributed by atoms with Gasteiger partial charge in [-0.05, 0) is 38.0 Å². The van der Waals surface area contributed by atoms with Crippen molar-refractivity contribution in [2.24, 2.45) is 11.8 Å². The Morgan fingerprint density at radius 1 is 1.26 bits per heavy atom. The monoisotopic (exact) mass is 269 g/mol. The number of carboxylic acid groups (broad SMARTS) is 1. The lowest BCUT2D eigenvalue weighted by Gasteiger charge is -2.35. The molecule has 0 spiro atoms. The van der Waals surface area contributed by atoms with E-state index in [4.69, 9.17) is 9.84 Å². The molecule has 19 heavy (non-hydrogen) atoms. The molecule has 0 bridgehead atoms. The first-order valence-corrected chi connectivity index (χ1v) is 7.25. The molecule has 108 valence electrons. The molecule has 0 aliphatic carbocycles. The highest BCUT2D eigenvalue weighted by Gasteiger charge is 2.30. The van der Waals surface area contributed by atoms with Crippen molar-refractivity contribution >= 4 is 11.9 Å². The molecule has 2 saturated heterocycles. The Morgan fingerprint density at radius 3 is 2.79 bits per heavy atom. The van der Waals surface area contributed by atoms with Crippen LogP contribution in [-0.2, 0) is 14.3 Å². The molecule has 0 aromatic rings. The van der Waals surface area contributed by atoms with E-state index >= 15 is 0 Å². The van der Waals surface area contributed by atoms with Crippen molar-refractivity contribution in [3.8, 4) is 0 Å². The Balaban J connectivity index is 1.82. The number of ether oxygens (including phenoxy) is 1. The van der Waals surface area contributed by atoms with Gasteiger partial charge in [0.05, 0.1) is 12.5 Å². The summed E-state index contributed by atoms with van der Waals surface area (Å²) in [6, 6.07) is 0. The second-order valence-electron chi connectivity index (χ2n) is 5.64. The van der Waals surface area contributed by atoms with Gasteiger partial charge in [-0.2, -0.15) is 0 Å². The number of likely N-dealkylation sites (tertiary alicyclic amines) is 1. The summed E-state index contributed by atoms with van der Waals surface area (Å²) in [5.74, 6) is -0.172. The first-order chi connectivity index (χ1) is 9.16. The summed E-state index contributed by atoms with van der Waals surface area (Å²) in [5.41, 5.74) is 0. The van der Waals surface area contributed by atoms with Crippen molar-refractivity contribution in [2.75, 3.05) is 26.3 Å². The molecule has 2 aliphatic heterocycles. The molecule has 1 N–H and O–H groups in total. The van der Waals surface area contributed by atoms with Crippen LogP contribution in [-0.4, -0.2) is 48.2 Å². The predicted molar refractivity (Wildman–Crippen MR) is 69.7 cm³/mol. The third-order valence-corrected chi connectivity index (χ3v) is 4.11. The number of aliphatic carboxylic acids is 1. The average Bonchev–Trinajstić information content (AvgIpc) is 2.45. The van der Waals surface area contributed by atoms with E-state index in [1.54, 1.807) is 0 Å². The maximum atomic E-state index is 12.4. The average molecular weight is 269 g/mol. The van der Waals surface area contributed by atoms with Gasteiger partial charge in [-0.3, -0.25) is 9.59 Å². The number of piperidine rings is 1. The van der Waals surface area contributed by atoms with E-state index < -0.39 is 5.97 Å². The summed E-state index contributed by atoms with van der Waals surface area (Å²) in [4.78, 5) is 24.9. The number of carboxylic acids is 1. The highest BCUT2D eigenvalue weighted by atomic mass is 16.5. The van der Waals surface area contributed by atoms with E-state index in [0.717, 1.165) is 45.4 Å². The van der Waals surface area contributed by atoms with Crippen LogP contribution in [0.25, 0.3) is 0 Å². The molecule has 0 saturated carbocycles. The molecule has 0 unspecified atom stereocenters. The maximum Gasteiger partial charge on any atom is 0.303 e. The fourth-order valence-corrected chi connectivity index (χ4v) is 3.02. The van der Waals surface area contributed by atoms with Gasteiger partial charge in [-0.15, -0.1) is 0 Å². The Morgan fingerprint density at radius 2 is 2.11 bits per heavy atom. The number of carbonyl (C=O) groups is 2. The van der Waals surface area contributed by atoms with Crippen LogP contribution in [0.15, 0.2) is 0 Å². The smallest absolute Gasteiger partial charge is 0.303 e. The van der Waals surface area contributed by atoms with Crippen molar-refractivity contribution in [3.05, 3.63) is 0 Å². The van der Waals surface area contributed by atoms with E-state index in [1.165, 1.54) is 0 Å². The zero-order valence-corrected chi connectivity index (χ0v) is 11.3. The van der Waals surface area contributed by atoms with Crippen molar-refractivity contribution < 1.29 is 19.4 Å². The van der Waals surface area contributed by atoms with Crippen LogP contribution in [0.4, 0.5) is 0 Å². The van der Waals surface area contributed by atoms with Gasteiger partial charge in [0, 0.05) is 26.1 Å². The summed E-state index contributed by atoms with van der Waals surface area (Å²) in [6.45, 7) is 2.86. The molecule has 2 heterocycles. The number of carbonyl (C=O) groups excluding carboxylic acids is 1. The molecule has 0 aromatic carbocycles. The van der Waals surface area contributed by atoms with Crippen LogP contribution in [0, 0.1) is 11.8 Å². The topological polar surface area (TPSA) is 66.8 Å². The molecule has 1 amide bonds. The molecule has 2 aliphatic rings. The highest BCUT2D eigenvalue weighted by Crippen LogP contribution is 2.24. The van der Waals surface area contributed by atoms with Gasteiger partial charge < -0.3 is 14.7 Å². The van der Waals surface area contributed by atoms with Crippen molar-refractivity contribution in [1.82, 2.24) is 4.90 Å². The normalized spacial score (nSPS) is 28.1. The lowest BCUT2D eigenvalue weighted by molar-refractivity contribution is -0.141. The van der Waals surface area contributed by atoms with E-state index in [2.05, 4.69) is 0 Å². The van der Waals surface area contributed by atoms with Gasteiger partial charge in [0.1, 0.15) is 0 Å². The Hall–Kier alpha value is -1.10. The Kier molecular flexibility index (Phi) is 5.19. The van der Waals surface area contributed by atoms with E-state index in [0.29, 0.717) is 18.9 Å². The first-order valence-electron chi connectivity index (χ1n) is 7.25. The molecule has 0 radical (unpaired) electrons. The number of hydrogen-bond donors (Lipinski definition) is 1. The minimum absolute atomic E-state index is 0.0203. The standard InChI is InChI=1S/C14H23NO4/c16-13(17)6-5-11-3-1-7-15(9-11)14(18)12-4-2-8-19-10-12/h11-12H,1-10H2,(H,16,17)/t11-,12-/m0/s1. The third-order valence-electron chi connectivity index (χ3n) is 4.11. The zero-order valence-electron chi connectivity index (χ0n) is 11.3. The Bertz CT molecular complexity index is 325. The lowest BCUT2D eigenvalue weighted by atomic mass is 9.91.